The number of rotatable bonds is 7. The molecule has 0 radical (unpaired) electrons. The van der Waals surface area contributed by atoms with Gasteiger partial charge in [-0.3, -0.25) is 9.78 Å². The highest BCUT2D eigenvalue weighted by Crippen LogP contribution is 2.17. The van der Waals surface area contributed by atoms with Crippen molar-refractivity contribution >= 4 is 5.91 Å². The van der Waals surface area contributed by atoms with Gasteiger partial charge in [0.15, 0.2) is 0 Å². The van der Waals surface area contributed by atoms with Crippen molar-refractivity contribution in [2.24, 2.45) is 0 Å². The lowest BCUT2D eigenvalue weighted by molar-refractivity contribution is -0.123. The smallest absolute Gasteiger partial charge is 0.237 e. The molecule has 0 bridgehead atoms. The molecule has 1 aromatic rings. The Balaban J connectivity index is 1.59. The topological polar surface area (TPSA) is 54.0 Å². The average Bonchev–Trinajstić information content (AvgIpc) is 2.97. The van der Waals surface area contributed by atoms with E-state index in [-0.39, 0.29) is 11.9 Å². The standard InChI is InChI=1S/C16H25N3O/c1-13(16(20)19-15-8-2-3-9-15)18-11-5-7-14-6-4-10-17-12-14/h4,6,10,12-13,15,18H,2-3,5,7-9,11H2,1H3,(H,19,20). The van der Waals surface area contributed by atoms with Gasteiger partial charge < -0.3 is 10.6 Å². The lowest BCUT2D eigenvalue weighted by atomic mass is 10.1. The molecule has 1 heterocycles. The molecule has 4 nitrogen and oxygen atoms in total. The van der Waals surface area contributed by atoms with E-state index in [0.29, 0.717) is 6.04 Å². The Hall–Kier alpha value is -1.42. The van der Waals surface area contributed by atoms with E-state index in [1.165, 1.54) is 18.4 Å². The van der Waals surface area contributed by atoms with Crippen LogP contribution in [-0.2, 0) is 11.2 Å². The second kappa shape index (κ2) is 8.00. The SMILES string of the molecule is CC(NCCCc1cccnc1)C(=O)NC1CCCC1. The summed E-state index contributed by atoms with van der Waals surface area (Å²) in [5, 5.41) is 6.42. The van der Waals surface area contributed by atoms with Crippen LogP contribution in [-0.4, -0.2) is 29.5 Å². The van der Waals surface area contributed by atoms with Crippen molar-refractivity contribution < 1.29 is 4.79 Å². The second-order valence-corrected chi connectivity index (χ2v) is 5.63. The molecular formula is C16H25N3O. The molecule has 110 valence electrons. The van der Waals surface area contributed by atoms with Crippen LogP contribution in [0.1, 0.15) is 44.6 Å². The van der Waals surface area contributed by atoms with Crippen LogP contribution >= 0.6 is 0 Å². The lowest BCUT2D eigenvalue weighted by Gasteiger charge is -2.17. The monoisotopic (exact) mass is 275 g/mol. The summed E-state index contributed by atoms with van der Waals surface area (Å²) in [5.74, 6) is 0.137. The number of hydrogen-bond acceptors (Lipinski definition) is 3. The van der Waals surface area contributed by atoms with Gasteiger partial charge in [-0.25, -0.2) is 0 Å². The van der Waals surface area contributed by atoms with Crippen LogP contribution in [0.2, 0.25) is 0 Å². The largest absolute Gasteiger partial charge is 0.352 e. The Morgan fingerprint density at radius 2 is 2.25 bits per heavy atom. The van der Waals surface area contributed by atoms with E-state index in [2.05, 4.69) is 21.7 Å². The minimum Gasteiger partial charge on any atom is -0.352 e. The van der Waals surface area contributed by atoms with Gasteiger partial charge in [-0.15, -0.1) is 0 Å². The summed E-state index contributed by atoms with van der Waals surface area (Å²) in [7, 11) is 0. The minimum atomic E-state index is -0.107. The van der Waals surface area contributed by atoms with Crippen LogP contribution in [0, 0.1) is 0 Å². The number of hydrogen-bond donors (Lipinski definition) is 2. The van der Waals surface area contributed by atoms with E-state index in [0.717, 1.165) is 32.2 Å². The maximum absolute atomic E-state index is 12.0. The molecule has 0 aromatic carbocycles. The number of carbonyl (C=O) groups excluding carboxylic acids is 1. The first kappa shape index (κ1) is 15.0. The van der Waals surface area contributed by atoms with E-state index >= 15 is 0 Å². The number of nitrogens with zero attached hydrogens (tertiary/aromatic N) is 1. The Morgan fingerprint density at radius 1 is 1.45 bits per heavy atom. The zero-order chi connectivity index (χ0) is 14.2. The third-order valence-electron chi connectivity index (χ3n) is 3.91. The van der Waals surface area contributed by atoms with Crippen LogP contribution in [0.15, 0.2) is 24.5 Å². The molecule has 1 aromatic heterocycles. The van der Waals surface area contributed by atoms with Gasteiger partial charge in [-0.05, 0) is 50.8 Å². The summed E-state index contributed by atoms with van der Waals surface area (Å²) in [5.41, 5.74) is 1.25. The summed E-state index contributed by atoms with van der Waals surface area (Å²) in [6, 6.07) is 4.34. The Labute approximate surface area is 121 Å². The molecule has 0 saturated heterocycles. The number of amides is 1. The maximum atomic E-state index is 12.0. The van der Waals surface area contributed by atoms with E-state index in [1.807, 2.05) is 19.2 Å². The normalized spacial score (nSPS) is 17.1. The highest BCUT2D eigenvalue weighted by molar-refractivity contribution is 5.81. The second-order valence-electron chi connectivity index (χ2n) is 5.63. The molecule has 4 heteroatoms. The molecule has 1 amide bonds. The maximum Gasteiger partial charge on any atom is 0.237 e. The lowest BCUT2D eigenvalue weighted by Crippen LogP contribution is -2.45. The predicted molar refractivity (Wildman–Crippen MR) is 80.4 cm³/mol. The number of aryl methyl sites for hydroxylation is 1. The van der Waals surface area contributed by atoms with Gasteiger partial charge in [0.05, 0.1) is 6.04 Å². The van der Waals surface area contributed by atoms with E-state index < -0.39 is 0 Å². The van der Waals surface area contributed by atoms with Gasteiger partial charge in [0.2, 0.25) is 5.91 Å². The molecule has 0 spiro atoms. The number of aromatic nitrogens is 1. The van der Waals surface area contributed by atoms with Gasteiger partial charge in [0.1, 0.15) is 0 Å². The number of carbonyl (C=O) groups is 1. The fourth-order valence-electron chi connectivity index (χ4n) is 2.65. The third-order valence-corrected chi connectivity index (χ3v) is 3.91. The zero-order valence-electron chi connectivity index (χ0n) is 12.3. The number of pyridine rings is 1. The molecule has 2 rings (SSSR count). The molecule has 1 saturated carbocycles. The van der Waals surface area contributed by atoms with Crippen molar-refractivity contribution in [2.45, 2.75) is 57.5 Å². The molecule has 0 aliphatic heterocycles. The predicted octanol–water partition coefficient (Wildman–Crippen LogP) is 2.05. The van der Waals surface area contributed by atoms with Gasteiger partial charge >= 0.3 is 0 Å². The van der Waals surface area contributed by atoms with Gasteiger partial charge in [-0.2, -0.15) is 0 Å². The Bertz CT molecular complexity index is 401. The average molecular weight is 275 g/mol. The molecular weight excluding hydrogens is 250 g/mol. The first-order valence-electron chi connectivity index (χ1n) is 7.68. The number of nitrogens with one attached hydrogen (secondary N) is 2. The van der Waals surface area contributed by atoms with Gasteiger partial charge in [0, 0.05) is 18.4 Å². The van der Waals surface area contributed by atoms with Crippen LogP contribution < -0.4 is 10.6 Å². The highest BCUT2D eigenvalue weighted by Gasteiger charge is 2.19. The van der Waals surface area contributed by atoms with Crippen LogP contribution in [0.4, 0.5) is 0 Å². The van der Waals surface area contributed by atoms with Crippen molar-refractivity contribution in [1.29, 1.82) is 0 Å². The summed E-state index contributed by atoms with van der Waals surface area (Å²) >= 11 is 0. The third kappa shape index (κ3) is 4.93. The van der Waals surface area contributed by atoms with Crippen molar-refractivity contribution in [3.8, 4) is 0 Å². The van der Waals surface area contributed by atoms with Crippen molar-refractivity contribution in [2.75, 3.05) is 6.54 Å². The van der Waals surface area contributed by atoms with Gasteiger partial charge in [0.25, 0.3) is 0 Å². The molecule has 1 fully saturated rings. The molecule has 2 N–H and O–H groups in total. The molecule has 1 aliphatic carbocycles. The molecule has 1 atom stereocenters. The fraction of sp³-hybridized carbons (Fsp3) is 0.625. The molecule has 1 unspecified atom stereocenters. The Kier molecular flexibility index (Phi) is 5.99. The minimum absolute atomic E-state index is 0.107. The summed E-state index contributed by atoms with van der Waals surface area (Å²) in [6.07, 6.45) is 10.5. The van der Waals surface area contributed by atoms with E-state index in [9.17, 15) is 4.79 Å². The van der Waals surface area contributed by atoms with Crippen LogP contribution in [0.5, 0.6) is 0 Å². The fourth-order valence-corrected chi connectivity index (χ4v) is 2.65. The van der Waals surface area contributed by atoms with Crippen LogP contribution in [0.3, 0.4) is 0 Å². The Morgan fingerprint density at radius 3 is 2.95 bits per heavy atom. The molecule has 1 aliphatic rings. The first-order chi connectivity index (χ1) is 9.75. The van der Waals surface area contributed by atoms with Gasteiger partial charge in [-0.1, -0.05) is 18.9 Å². The molecule has 20 heavy (non-hydrogen) atoms. The highest BCUT2D eigenvalue weighted by atomic mass is 16.2. The van der Waals surface area contributed by atoms with E-state index in [4.69, 9.17) is 0 Å². The van der Waals surface area contributed by atoms with Crippen LogP contribution in [0.25, 0.3) is 0 Å². The van der Waals surface area contributed by atoms with Crippen molar-refractivity contribution in [1.82, 2.24) is 15.6 Å². The summed E-state index contributed by atoms with van der Waals surface area (Å²) in [4.78, 5) is 16.1. The summed E-state index contributed by atoms with van der Waals surface area (Å²) in [6.45, 7) is 2.79. The summed E-state index contributed by atoms with van der Waals surface area (Å²) < 4.78 is 0. The van der Waals surface area contributed by atoms with E-state index in [1.54, 1.807) is 6.20 Å². The quantitative estimate of drug-likeness (QED) is 0.749. The zero-order valence-corrected chi connectivity index (χ0v) is 12.3. The van der Waals surface area contributed by atoms with Crippen molar-refractivity contribution in [3.63, 3.8) is 0 Å². The van der Waals surface area contributed by atoms with Crippen molar-refractivity contribution in [3.05, 3.63) is 30.1 Å². The first-order valence-corrected chi connectivity index (χ1v) is 7.68.